The van der Waals surface area contributed by atoms with E-state index in [4.69, 9.17) is 4.42 Å². The van der Waals surface area contributed by atoms with Crippen LogP contribution in [0.1, 0.15) is 24.4 Å². The molecule has 1 aliphatic heterocycles. The first-order valence-electron chi connectivity index (χ1n) is 5.66. The second-order valence-corrected chi connectivity index (χ2v) is 5.04. The molecule has 1 N–H and O–H groups in total. The van der Waals surface area contributed by atoms with E-state index in [2.05, 4.69) is 4.90 Å². The average molecular weight is 207 g/mol. The smallest absolute Gasteiger partial charge is 0.118 e. The first-order valence-corrected chi connectivity index (χ1v) is 5.66. The average Bonchev–Trinajstić information content (AvgIpc) is 2.90. The molecule has 0 amide bonds. The van der Waals surface area contributed by atoms with Gasteiger partial charge in [-0.05, 0) is 37.8 Å². The molecule has 2 aliphatic rings. The molecule has 0 bridgehead atoms. The summed E-state index contributed by atoms with van der Waals surface area (Å²) in [7, 11) is 0. The Hall–Kier alpha value is -0.800. The van der Waals surface area contributed by atoms with Crippen LogP contribution in [0.15, 0.2) is 16.5 Å². The monoisotopic (exact) mass is 207 g/mol. The molecule has 0 radical (unpaired) electrons. The van der Waals surface area contributed by atoms with E-state index in [0.29, 0.717) is 5.92 Å². The molecule has 0 unspecified atom stereocenters. The lowest BCUT2D eigenvalue weighted by molar-refractivity contribution is -0.118. The first-order chi connectivity index (χ1) is 7.16. The van der Waals surface area contributed by atoms with Gasteiger partial charge in [-0.3, -0.25) is 4.90 Å². The first kappa shape index (κ1) is 9.43. The topological polar surface area (TPSA) is 36.6 Å². The van der Waals surface area contributed by atoms with Crippen molar-refractivity contribution < 1.29 is 9.52 Å². The largest absolute Gasteiger partial charge is 0.465 e. The number of nitrogens with zero attached hydrogens (tertiary/aromatic N) is 1. The van der Waals surface area contributed by atoms with Crippen LogP contribution in [0, 0.1) is 12.8 Å². The molecule has 1 aliphatic carbocycles. The van der Waals surface area contributed by atoms with Crippen LogP contribution in [0.4, 0.5) is 0 Å². The summed E-state index contributed by atoms with van der Waals surface area (Å²) in [6.07, 6.45) is 2.43. The van der Waals surface area contributed by atoms with Gasteiger partial charge in [0.25, 0.3) is 0 Å². The van der Waals surface area contributed by atoms with Gasteiger partial charge in [0.15, 0.2) is 0 Å². The lowest BCUT2D eigenvalue weighted by atomic mass is 9.89. The van der Waals surface area contributed by atoms with Crippen LogP contribution in [0.25, 0.3) is 0 Å². The molecule has 3 rings (SSSR count). The molecule has 82 valence electrons. The van der Waals surface area contributed by atoms with E-state index in [1.807, 2.05) is 19.1 Å². The molecule has 2 fully saturated rings. The van der Waals surface area contributed by atoms with Gasteiger partial charge in [0.2, 0.25) is 0 Å². The quantitative estimate of drug-likeness (QED) is 0.817. The van der Waals surface area contributed by atoms with Crippen LogP contribution in [0.5, 0.6) is 0 Å². The van der Waals surface area contributed by atoms with E-state index < -0.39 is 0 Å². The maximum absolute atomic E-state index is 10.1. The van der Waals surface area contributed by atoms with Crippen molar-refractivity contribution in [3.05, 3.63) is 23.7 Å². The standard InChI is InChI=1S/C12H17NO2/c1-9-2-5-11(15-9)6-13-7-12(14,8-13)10-3-4-10/h2,5,10,14H,3-4,6-8H2,1H3. The van der Waals surface area contributed by atoms with Crippen molar-refractivity contribution in [1.29, 1.82) is 0 Å². The Morgan fingerprint density at radius 2 is 2.20 bits per heavy atom. The van der Waals surface area contributed by atoms with E-state index >= 15 is 0 Å². The van der Waals surface area contributed by atoms with Gasteiger partial charge >= 0.3 is 0 Å². The van der Waals surface area contributed by atoms with Gasteiger partial charge in [-0.2, -0.15) is 0 Å². The van der Waals surface area contributed by atoms with E-state index in [9.17, 15) is 5.11 Å². The van der Waals surface area contributed by atoms with Gasteiger partial charge in [-0.25, -0.2) is 0 Å². The van der Waals surface area contributed by atoms with Crippen LogP contribution < -0.4 is 0 Å². The molecule has 3 heteroatoms. The molecule has 1 aromatic heterocycles. The minimum absolute atomic E-state index is 0.373. The number of hydrogen-bond donors (Lipinski definition) is 1. The lowest BCUT2D eigenvalue weighted by Crippen LogP contribution is -2.62. The van der Waals surface area contributed by atoms with Crippen LogP contribution >= 0.6 is 0 Å². The SMILES string of the molecule is Cc1ccc(CN2CC(O)(C3CC3)C2)o1. The number of likely N-dealkylation sites (tertiary alicyclic amines) is 1. The predicted molar refractivity (Wildman–Crippen MR) is 56.4 cm³/mol. The molecule has 0 spiro atoms. The zero-order chi connectivity index (χ0) is 10.5. The fraction of sp³-hybridized carbons (Fsp3) is 0.667. The van der Waals surface area contributed by atoms with Gasteiger partial charge < -0.3 is 9.52 Å². The summed E-state index contributed by atoms with van der Waals surface area (Å²) < 4.78 is 5.51. The molecule has 1 saturated carbocycles. The highest BCUT2D eigenvalue weighted by Crippen LogP contribution is 2.44. The Kier molecular flexibility index (Phi) is 1.94. The molecule has 15 heavy (non-hydrogen) atoms. The Labute approximate surface area is 89.7 Å². The summed E-state index contributed by atoms with van der Waals surface area (Å²) in [4.78, 5) is 2.25. The fourth-order valence-electron chi connectivity index (χ4n) is 2.51. The van der Waals surface area contributed by atoms with Crippen molar-refractivity contribution >= 4 is 0 Å². The zero-order valence-corrected chi connectivity index (χ0v) is 9.07. The Morgan fingerprint density at radius 1 is 1.47 bits per heavy atom. The highest BCUT2D eigenvalue weighted by molar-refractivity contribution is 5.09. The van der Waals surface area contributed by atoms with Gasteiger partial charge in [-0.1, -0.05) is 0 Å². The van der Waals surface area contributed by atoms with E-state index in [-0.39, 0.29) is 5.60 Å². The number of β-amino-alcohol motifs (C(OH)–C–C–N with tert-alkyl or cyclic N) is 1. The van der Waals surface area contributed by atoms with Crippen LogP contribution in [0.2, 0.25) is 0 Å². The fourth-order valence-corrected chi connectivity index (χ4v) is 2.51. The third-order valence-corrected chi connectivity index (χ3v) is 3.51. The Balaban J connectivity index is 1.55. The molecular formula is C12H17NO2. The van der Waals surface area contributed by atoms with E-state index in [1.165, 1.54) is 12.8 Å². The Bertz CT molecular complexity index is 361. The highest BCUT2D eigenvalue weighted by Gasteiger charge is 2.51. The van der Waals surface area contributed by atoms with Gasteiger partial charge in [-0.15, -0.1) is 0 Å². The van der Waals surface area contributed by atoms with Gasteiger partial charge in [0.1, 0.15) is 11.5 Å². The van der Waals surface area contributed by atoms with Gasteiger partial charge in [0, 0.05) is 13.1 Å². The molecule has 3 nitrogen and oxygen atoms in total. The summed E-state index contributed by atoms with van der Waals surface area (Å²) in [5.74, 6) is 2.54. The number of aliphatic hydroxyl groups is 1. The number of furan rings is 1. The summed E-state index contributed by atoms with van der Waals surface area (Å²) >= 11 is 0. The predicted octanol–water partition coefficient (Wildman–Crippen LogP) is 1.54. The normalized spacial score (nSPS) is 25.2. The summed E-state index contributed by atoms with van der Waals surface area (Å²) in [6, 6.07) is 4.01. The summed E-state index contributed by atoms with van der Waals surface area (Å²) in [5.41, 5.74) is -0.373. The van der Waals surface area contributed by atoms with Crippen molar-refractivity contribution in [1.82, 2.24) is 4.90 Å². The minimum Gasteiger partial charge on any atom is -0.465 e. The van der Waals surface area contributed by atoms with Crippen LogP contribution in [-0.2, 0) is 6.54 Å². The Morgan fingerprint density at radius 3 is 2.73 bits per heavy atom. The number of hydrogen-bond acceptors (Lipinski definition) is 3. The maximum Gasteiger partial charge on any atom is 0.118 e. The van der Waals surface area contributed by atoms with Gasteiger partial charge in [0.05, 0.1) is 12.1 Å². The zero-order valence-electron chi connectivity index (χ0n) is 9.07. The molecule has 0 atom stereocenters. The third kappa shape index (κ3) is 1.70. The second kappa shape index (κ2) is 3.09. The van der Waals surface area contributed by atoms with Crippen molar-refractivity contribution in [3.63, 3.8) is 0 Å². The van der Waals surface area contributed by atoms with Crippen molar-refractivity contribution in [2.45, 2.75) is 31.9 Å². The number of rotatable bonds is 3. The van der Waals surface area contributed by atoms with E-state index in [0.717, 1.165) is 31.2 Å². The maximum atomic E-state index is 10.1. The van der Waals surface area contributed by atoms with Crippen LogP contribution in [0.3, 0.4) is 0 Å². The second-order valence-electron chi connectivity index (χ2n) is 5.04. The van der Waals surface area contributed by atoms with Crippen molar-refractivity contribution in [2.24, 2.45) is 5.92 Å². The molecule has 1 saturated heterocycles. The summed E-state index contributed by atoms with van der Waals surface area (Å²) in [5, 5.41) is 10.1. The molecule has 0 aromatic carbocycles. The van der Waals surface area contributed by atoms with E-state index in [1.54, 1.807) is 0 Å². The third-order valence-electron chi connectivity index (χ3n) is 3.51. The molecule has 2 heterocycles. The van der Waals surface area contributed by atoms with Crippen molar-refractivity contribution in [3.8, 4) is 0 Å². The van der Waals surface area contributed by atoms with Crippen LogP contribution in [-0.4, -0.2) is 28.7 Å². The lowest BCUT2D eigenvalue weighted by Gasteiger charge is -2.46. The highest BCUT2D eigenvalue weighted by atomic mass is 16.3. The number of aryl methyl sites for hydroxylation is 1. The van der Waals surface area contributed by atoms with Crippen molar-refractivity contribution in [2.75, 3.05) is 13.1 Å². The minimum atomic E-state index is -0.373. The molecule has 1 aromatic rings. The summed E-state index contributed by atoms with van der Waals surface area (Å²) in [6.45, 7) is 4.43. The molecular weight excluding hydrogens is 190 g/mol.